The van der Waals surface area contributed by atoms with Crippen LogP contribution in [0.2, 0.25) is 0 Å². The highest BCUT2D eigenvalue weighted by molar-refractivity contribution is 5.80. The number of fused-ring (bicyclic) bond motifs is 1. The summed E-state index contributed by atoms with van der Waals surface area (Å²) >= 11 is 0. The molecule has 31 heavy (non-hydrogen) atoms. The maximum atomic E-state index is 5.54. The van der Waals surface area contributed by atoms with Crippen LogP contribution in [0.15, 0.2) is 71.8 Å². The normalized spacial score (nSPS) is 14.4. The summed E-state index contributed by atoms with van der Waals surface area (Å²) in [5.41, 5.74) is 8.06. The van der Waals surface area contributed by atoms with E-state index in [-0.39, 0.29) is 0 Å². The molecule has 1 N–H and O–H groups in total. The van der Waals surface area contributed by atoms with Crippen LogP contribution >= 0.6 is 0 Å². The first-order chi connectivity index (χ1) is 15.3. The number of nitrogens with zero attached hydrogens (tertiary/aromatic N) is 5. The van der Waals surface area contributed by atoms with Crippen molar-refractivity contribution in [1.82, 2.24) is 14.6 Å². The minimum Gasteiger partial charge on any atom is -0.378 e. The number of aromatic nitrogens is 3. The van der Waals surface area contributed by atoms with E-state index in [4.69, 9.17) is 14.8 Å². The lowest BCUT2D eigenvalue weighted by Gasteiger charge is -2.29. The van der Waals surface area contributed by atoms with E-state index >= 15 is 0 Å². The number of morpholine rings is 1. The molecule has 5 rings (SSSR count). The predicted molar refractivity (Wildman–Crippen MR) is 124 cm³/mol. The first-order valence-corrected chi connectivity index (χ1v) is 10.4. The highest BCUT2D eigenvalue weighted by Crippen LogP contribution is 2.25. The number of nitrogens with one attached hydrogen (secondary N) is 1. The van der Waals surface area contributed by atoms with Gasteiger partial charge in [0.1, 0.15) is 5.82 Å². The summed E-state index contributed by atoms with van der Waals surface area (Å²) in [5, 5.41) is 9.24. The summed E-state index contributed by atoms with van der Waals surface area (Å²) in [6.45, 7) is 5.09. The molecule has 3 heterocycles. The van der Waals surface area contributed by atoms with Crippen molar-refractivity contribution >= 4 is 23.5 Å². The van der Waals surface area contributed by atoms with E-state index in [1.807, 2.05) is 47.0 Å². The van der Waals surface area contributed by atoms with Crippen molar-refractivity contribution in [2.75, 3.05) is 36.6 Å². The standard InChI is InChI=1S/C24H24N6O/c1-18-6-5-7-19(14-18)17-25-27-22-16-24(29-10-12-31-13-11-29)30-23(26-22)15-21(28-30)20-8-3-2-4-9-20/h2-9,14-17H,10-13H2,1H3,(H,26,27)/b25-17+. The quantitative estimate of drug-likeness (QED) is 0.397. The Labute approximate surface area is 181 Å². The van der Waals surface area contributed by atoms with Crippen LogP contribution in [0.25, 0.3) is 16.9 Å². The number of hydrogen-bond donors (Lipinski definition) is 1. The third-order valence-corrected chi connectivity index (χ3v) is 5.25. The summed E-state index contributed by atoms with van der Waals surface area (Å²) < 4.78 is 7.44. The van der Waals surface area contributed by atoms with E-state index < -0.39 is 0 Å². The number of hydrazone groups is 1. The van der Waals surface area contributed by atoms with Gasteiger partial charge in [0.15, 0.2) is 11.5 Å². The van der Waals surface area contributed by atoms with E-state index in [1.165, 1.54) is 5.56 Å². The summed E-state index contributed by atoms with van der Waals surface area (Å²) in [5.74, 6) is 1.65. The fourth-order valence-electron chi connectivity index (χ4n) is 3.71. The minimum absolute atomic E-state index is 0.678. The van der Waals surface area contributed by atoms with Gasteiger partial charge < -0.3 is 9.64 Å². The van der Waals surface area contributed by atoms with Gasteiger partial charge in [-0.2, -0.15) is 14.7 Å². The van der Waals surface area contributed by atoms with Gasteiger partial charge >= 0.3 is 0 Å². The van der Waals surface area contributed by atoms with E-state index in [1.54, 1.807) is 6.21 Å². The zero-order valence-electron chi connectivity index (χ0n) is 17.4. The van der Waals surface area contributed by atoms with Crippen LogP contribution in [-0.2, 0) is 4.74 Å². The van der Waals surface area contributed by atoms with Crippen LogP contribution < -0.4 is 10.3 Å². The average molecular weight is 412 g/mol. The van der Waals surface area contributed by atoms with Crippen LogP contribution in [0.3, 0.4) is 0 Å². The number of hydrogen-bond acceptors (Lipinski definition) is 6. The van der Waals surface area contributed by atoms with Gasteiger partial charge in [-0.25, -0.2) is 4.98 Å². The van der Waals surface area contributed by atoms with Gasteiger partial charge in [-0.15, -0.1) is 0 Å². The Morgan fingerprint density at radius 2 is 1.84 bits per heavy atom. The Kier molecular flexibility index (Phi) is 5.33. The molecular formula is C24H24N6O. The number of ether oxygens (including phenoxy) is 1. The molecule has 0 radical (unpaired) electrons. The zero-order chi connectivity index (χ0) is 21.0. The van der Waals surface area contributed by atoms with Gasteiger partial charge in [-0.05, 0) is 12.5 Å². The highest BCUT2D eigenvalue weighted by Gasteiger charge is 2.18. The minimum atomic E-state index is 0.678. The molecule has 0 bridgehead atoms. The summed E-state index contributed by atoms with van der Waals surface area (Å²) in [4.78, 5) is 7.02. The van der Waals surface area contributed by atoms with Crippen molar-refractivity contribution in [1.29, 1.82) is 0 Å². The monoisotopic (exact) mass is 412 g/mol. The predicted octanol–water partition coefficient (Wildman–Crippen LogP) is 3.99. The van der Waals surface area contributed by atoms with Gasteiger partial charge in [0, 0.05) is 30.8 Å². The molecule has 0 amide bonds. The topological polar surface area (TPSA) is 67.0 Å². The SMILES string of the molecule is Cc1cccc(/C=N/Nc2cc(N3CCOCC3)n3nc(-c4ccccc4)cc3n2)c1. The third-order valence-electron chi connectivity index (χ3n) is 5.25. The second kappa shape index (κ2) is 8.57. The molecule has 156 valence electrons. The lowest BCUT2D eigenvalue weighted by Crippen LogP contribution is -2.37. The smallest absolute Gasteiger partial charge is 0.160 e. The van der Waals surface area contributed by atoms with Crippen molar-refractivity contribution in [3.63, 3.8) is 0 Å². The highest BCUT2D eigenvalue weighted by atomic mass is 16.5. The lowest BCUT2D eigenvalue weighted by atomic mass is 10.2. The lowest BCUT2D eigenvalue weighted by molar-refractivity contribution is 0.122. The second-order valence-corrected chi connectivity index (χ2v) is 7.55. The van der Waals surface area contributed by atoms with Crippen molar-refractivity contribution < 1.29 is 4.74 Å². The Balaban J connectivity index is 1.50. The second-order valence-electron chi connectivity index (χ2n) is 7.55. The van der Waals surface area contributed by atoms with Crippen LogP contribution in [0.5, 0.6) is 0 Å². The first kappa shape index (κ1) is 19.3. The molecule has 0 aliphatic carbocycles. The summed E-state index contributed by atoms with van der Waals surface area (Å²) in [6, 6.07) is 22.4. The fourth-order valence-corrected chi connectivity index (χ4v) is 3.71. The largest absolute Gasteiger partial charge is 0.378 e. The number of aryl methyl sites for hydroxylation is 1. The maximum absolute atomic E-state index is 5.54. The molecule has 4 aromatic rings. The Bertz CT molecular complexity index is 1210. The van der Waals surface area contributed by atoms with Gasteiger partial charge in [0.05, 0.1) is 25.1 Å². The van der Waals surface area contributed by atoms with Crippen LogP contribution in [0.4, 0.5) is 11.6 Å². The molecule has 1 fully saturated rings. The third kappa shape index (κ3) is 4.27. The first-order valence-electron chi connectivity index (χ1n) is 10.4. The average Bonchev–Trinajstić information content (AvgIpc) is 3.24. The zero-order valence-corrected chi connectivity index (χ0v) is 17.4. The van der Waals surface area contributed by atoms with E-state index in [0.29, 0.717) is 19.0 Å². The fraction of sp³-hybridized carbons (Fsp3) is 0.208. The molecule has 1 aliphatic rings. The van der Waals surface area contributed by atoms with Crippen LogP contribution in [0.1, 0.15) is 11.1 Å². The maximum Gasteiger partial charge on any atom is 0.160 e. The molecule has 7 nitrogen and oxygen atoms in total. The Hall–Kier alpha value is -3.71. The molecule has 2 aromatic heterocycles. The van der Waals surface area contributed by atoms with Crippen molar-refractivity contribution in [3.8, 4) is 11.3 Å². The molecule has 1 aliphatic heterocycles. The molecule has 2 aromatic carbocycles. The molecule has 0 saturated carbocycles. The molecule has 0 unspecified atom stereocenters. The van der Waals surface area contributed by atoms with E-state index in [9.17, 15) is 0 Å². The Morgan fingerprint density at radius 1 is 1.00 bits per heavy atom. The molecule has 0 atom stereocenters. The molecule has 7 heteroatoms. The van der Waals surface area contributed by atoms with E-state index in [2.05, 4.69) is 46.6 Å². The van der Waals surface area contributed by atoms with Gasteiger partial charge in [0.25, 0.3) is 0 Å². The van der Waals surface area contributed by atoms with Crippen LogP contribution in [0, 0.1) is 6.92 Å². The Morgan fingerprint density at radius 3 is 2.65 bits per heavy atom. The van der Waals surface area contributed by atoms with Gasteiger partial charge in [-0.1, -0.05) is 60.2 Å². The van der Waals surface area contributed by atoms with Crippen molar-refractivity contribution in [3.05, 3.63) is 77.9 Å². The summed E-state index contributed by atoms with van der Waals surface area (Å²) in [6.07, 6.45) is 1.80. The van der Waals surface area contributed by atoms with Crippen LogP contribution in [-0.4, -0.2) is 47.1 Å². The molecule has 0 spiro atoms. The van der Waals surface area contributed by atoms with Gasteiger partial charge in [0.2, 0.25) is 0 Å². The summed E-state index contributed by atoms with van der Waals surface area (Å²) in [7, 11) is 0. The van der Waals surface area contributed by atoms with Gasteiger partial charge in [-0.3, -0.25) is 5.43 Å². The number of benzene rings is 2. The number of rotatable bonds is 5. The van der Waals surface area contributed by atoms with E-state index in [0.717, 1.165) is 41.4 Å². The molecular weight excluding hydrogens is 388 g/mol. The molecule has 1 saturated heterocycles. The van der Waals surface area contributed by atoms with Crippen molar-refractivity contribution in [2.45, 2.75) is 6.92 Å². The number of anilines is 2. The van der Waals surface area contributed by atoms with Crippen molar-refractivity contribution in [2.24, 2.45) is 5.10 Å².